The molecule has 0 aliphatic carbocycles. The van der Waals surface area contributed by atoms with Gasteiger partial charge in [0.15, 0.2) is 0 Å². The molecule has 0 saturated heterocycles. The molecule has 196 valence electrons. The second-order valence-corrected chi connectivity index (χ2v) is 9.51. The van der Waals surface area contributed by atoms with Gasteiger partial charge in [0, 0.05) is 29.2 Å². The Morgan fingerprint density at radius 3 is 2.32 bits per heavy atom. The summed E-state index contributed by atoms with van der Waals surface area (Å²) in [6, 6.07) is 17.4. The van der Waals surface area contributed by atoms with Crippen LogP contribution in [0.5, 0.6) is 11.6 Å². The van der Waals surface area contributed by atoms with E-state index in [-0.39, 0.29) is 35.0 Å². The van der Waals surface area contributed by atoms with Gasteiger partial charge in [-0.2, -0.15) is 13.2 Å². The Labute approximate surface area is 225 Å². The number of Topliss-reactive ketones (excluding diaryl/α,β-unsaturated/α-hetero) is 1. The number of halogens is 4. The van der Waals surface area contributed by atoms with Gasteiger partial charge in [0.1, 0.15) is 11.5 Å². The summed E-state index contributed by atoms with van der Waals surface area (Å²) in [4.78, 5) is 23.4. The van der Waals surface area contributed by atoms with Crippen LogP contribution < -0.4 is 10.1 Å². The molecule has 0 saturated carbocycles. The number of rotatable bonds is 8. The number of hydrogen-bond acceptors (Lipinski definition) is 4. The lowest BCUT2D eigenvalue weighted by atomic mass is 10.1. The lowest BCUT2D eigenvalue weighted by Gasteiger charge is -2.10. The van der Waals surface area contributed by atoms with Crippen molar-refractivity contribution >= 4 is 27.6 Å². The molecule has 4 rings (SSSR count). The third-order valence-corrected chi connectivity index (χ3v) is 6.29. The Morgan fingerprint density at radius 2 is 1.71 bits per heavy atom. The van der Waals surface area contributed by atoms with E-state index in [1.54, 1.807) is 30.5 Å². The molecule has 0 spiro atoms. The van der Waals surface area contributed by atoms with Crippen LogP contribution in [0.15, 0.2) is 77.4 Å². The van der Waals surface area contributed by atoms with E-state index >= 15 is 0 Å². The van der Waals surface area contributed by atoms with Gasteiger partial charge in [-0.15, -0.1) is 5.10 Å². The molecule has 0 fully saturated rings. The molecule has 4 aromatic rings. The summed E-state index contributed by atoms with van der Waals surface area (Å²) in [5.74, 6) is 0.325. The van der Waals surface area contributed by atoms with E-state index in [1.807, 2.05) is 31.2 Å². The lowest BCUT2D eigenvalue weighted by molar-refractivity contribution is -0.137. The van der Waals surface area contributed by atoms with Gasteiger partial charge in [-0.25, -0.2) is 4.68 Å². The molecule has 6 nitrogen and oxygen atoms in total. The maximum atomic E-state index is 13.1. The number of benzene rings is 3. The van der Waals surface area contributed by atoms with Crippen LogP contribution in [-0.4, -0.2) is 28.0 Å². The van der Waals surface area contributed by atoms with Crippen molar-refractivity contribution < 1.29 is 27.5 Å². The minimum absolute atomic E-state index is 0.0128. The largest absolute Gasteiger partial charge is 0.437 e. The molecule has 10 heteroatoms. The minimum Gasteiger partial charge on any atom is -0.437 e. The van der Waals surface area contributed by atoms with E-state index < -0.39 is 11.7 Å². The van der Waals surface area contributed by atoms with Crippen LogP contribution >= 0.6 is 15.9 Å². The third-order valence-electron chi connectivity index (χ3n) is 5.66. The van der Waals surface area contributed by atoms with E-state index in [9.17, 15) is 22.8 Å². The van der Waals surface area contributed by atoms with Gasteiger partial charge >= 0.3 is 6.18 Å². The maximum absolute atomic E-state index is 13.1. The smallest absolute Gasteiger partial charge is 0.416 e. The van der Waals surface area contributed by atoms with Crippen molar-refractivity contribution in [3.8, 4) is 28.4 Å². The molecule has 1 aromatic heterocycles. The first-order valence-corrected chi connectivity index (χ1v) is 12.4. The number of amides is 1. The van der Waals surface area contributed by atoms with Crippen LogP contribution in [-0.2, 0) is 11.0 Å². The topological polar surface area (TPSA) is 73.2 Å². The van der Waals surface area contributed by atoms with E-state index in [2.05, 4.69) is 26.3 Å². The molecule has 3 aromatic carbocycles. The van der Waals surface area contributed by atoms with E-state index in [1.165, 1.54) is 17.7 Å². The number of carbonyl (C=O) groups excluding carboxylic acids is 2. The predicted octanol–water partition coefficient (Wildman–Crippen LogP) is 7.13. The summed E-state index contributed by atoms with van der Waals surface area (Å²) >= 11 is 3.23. The number of aromatic nitrogens is 2. The molecule has 0 unspecified atom stereocenters. The van der Waals surface area contributed by atoms with Crippen molar-refractivity contribution in [2.24, 2.45) is 0 Å². The Morgan fingerprint density at radius 1 is 1.03 bits per heavy atom. The van der Waals surface area contributed by atoms with Gasteiger partial charge in [0.05, 0.1) is 16.8 Å². The molecule has 0 atom stereocenters. The van der Waals surface area contributed by atoms with E-state index in [0.717, 1.165) is 23.3 Å². The molecule has 1 heterocycles. The zero-order valence-corrected chi connectivity index (χ0v) is 22.1. The average molecular weight is 586 g/mol. The molecule has 0 bridgehead atoms. The second-order valence-electron chi connectivity index (χ2n) is 8.66. The predicted molar refractivity (Wildman–Crippen MR) is 141 cm³/mol. The fourth-order valence-corrected chi connectivity index (χ4v) is 4.16. The van der Waals surface area contributed by atoms with Gasteiger partial charge in [0.25, 0.3) is 5.91 Å². The average Bonchev–Trinajstić information content (AvgIpc) is 3.27. The Kier molecular flexibility index (Phi) is 8.01. The number of hydrogen-bond donors (Lipinski definition) is 1. The normalized spacial score (nSPS) is 11.3. The highest BCUT2D eigenvalue weighted by atomic mass is 79.9. The molecule has 38 heavy (non-hydrogen) atoms. The molecule has 0 aliphatic heterocycles. The third kappa shape index (κ3) is 6.49. The molecule has 0 aliphatic rings. The number of nitrogens with one attached hydrogen (secondary N) is 1. The lowest BCUT2D eigenvalue weighted by Crippen LogP contribution is -2.25. The first kappa shape index (κ1) is 27.1. The molecule has 1 N–H and O–H groups in total. The van der Waals surface area contributed by atoms with Gasteiger partial charge in [-0.1, -0.05) is 29.8 Å². The van der Waals surface area contributed by atoms with Gasteiger partial charge in [0.2, 0.25) is 5.88 Å². The quantitative estimate of drug-likeness (QED) is 0.239. The highest BCUT2D eigenvalue weighted by molar-refractivity contribution is 9.10. The zero-order chi connectivity index (χ0) is 27.4. The molecular formula is C28H23BrF3N3O3. The monoisotopic (exact) mass is 585 g/mol. The van der Waals surface area contributed by atoms with Crippen LogP contribution in [0.4, 0.5) is 13.2 Å². The number of carbonyl (C=O) groups is 2. The number of ketones is 1. The van der Waals surface area contributed by atoms with Crippen LogP contribution in [0.3, 0.4) is 0 Å². The van der Waals surface area contributed by atoms with Gasteiger partial charge in [-0.3, -0.25) is 9.59 Å². The van der Waals surface area contributed by atoms with Crippen molar-refractivity contribution in [2.75, 3.05) is 6.54 Å². The Hall–Kier alpha value is -3.92. The Balaban J connectivity index is 1.64. The summed E-state index contributed by atoms with van der Waals surface area (Å²) in [5.41, 5.74) is 2.52. The van der Waals surface area contributed by atoms with E-state index in [4.69, 9.17) is 4.74 Å². The summed E-state index contributed by atoms with van der Waals surface area (Å²) in [7, 11) is 0. The van der Waals surface area contributed by atoms with Crippen LogP contribution in [0.1, 0.15) is 34.8 Å². The minimum atomic E-state index is -4.47. The van der Waals surface area contributed by atoms with Crippen molar-refractivity contribution in [3.63, 3.8) is 0 Å². The number of aryl methyl sites for hydroxylation is 1. The number of alkyl halides is 3. The number of ether oxygens (including phenoxy) is 1. The fourth-order valence-electron chi connectivity index (χ4n) is 3.60. The van der Waals surface area contributed by atoms with Crippen molar-refractivity contribution in [3.05, 3.63) is 94.1 Å². The summed E-state index contributed by atoms with van der Waals surface area (Å²) in [6.07, 6.45) is -2.53. The zero-order valence-electron chi connectivity index (χ0n) is 20.5. The maximum Gasteiger partial charge on any atom is 0.416 e. The summed E-state index contributed by atoms with van der Waals surface area (Å²) in [6.45, 7) is 3.67. The van der Waals surface area contributed by atoms with Crippen LogP contribution in [0, 0.1) is 6.92 Å². The molecule has 1 amide bonds. The van der Waals surface area contributed by atoms with Gasteiger partial charge in [-0.05, 0) is 77.8 Å². The first-order valence-electron chi connectivity index (χ1n) is 11.6. The van der Waals surface area contributed by atoms with Crippen molar-refractivity contribution in [1.82, 2.24) is 15.1 Å². The van der Waals surface area contributed by atoms with Crippen LogP contribution in [0.25, 0.3) is 16.8 Å². The Bertz CT molecular complexity index is 1460. The SMILES string of the molecule is CC(=O)CCNC(=O)c1ccc(Oc2nn(-c3ccc(C(F)(F)F)cc3Br)cc2-c2ccc(C)cc2)cc1. The highest BCUT2D eigenvalue weighted by Crippen LogP contribution is 2.37. The standard InChI is InChI=1S/C28H23BrF3N3O3/c1-17-3-5-19(6-4-17)23-16-35(25-12-9-21(15-24(25)29)28(30,31)32)34-27(23)38-22-10-7-20(8-11-22)26(37)33-14-13-18(2)36/h3-12,15-16H,13-14H2,1-2H3,(H,33,37). The summed E-state index contributed by atoms with van der Waals surface area (Å²) < 4.78 is 47.1. The van der Waals surface area contributed by atoms with E-state index in [0.29, 0.717) is 22.6 Å². The number of nitrogens with zero attached hydrogens (tertiary/aromatic N) is 2. The highest BCUT2D eigenvalue weighted by Gasteiger charge is 2.31. The first-order chi connectivity index (χ1) is 18.0. The van der Waals surface area contributed by atoms with Crippen LogP contribution in [0.2, 0.25) is 0 Å². The second kappa shape index (κ2) is 11.2. The fraction of sp³-hybridized carbons (Fsp3) is 0.179. The molecular weight excluding hydrogens is 563 g/mol. The summed E-state index contributed by atoms with van der Waals surface area (Å²) in [5, 5.41) is 7.20. The molecule has 0 radical (unpaired) electrons. The van der Waals surface area contributed by atoms with Crippen molar-refractivity contribution in [2.45, 2.75) is 26.4 Å². The van der Waals surface area contributed by atoms with Crippen molar-refractivity contribution in [1.29, 1.82) is 0 Å². The van der Waals surface area contributed by atoms with Gasteiger partial charge < -0.3 is 10.1 Å².